The molecule has 0 unspecified atom stereocenters. The van der Waals surface area contributed by atoms with Gasteiger partial charge in [-0.1, -0.05) is 31.6 Å². The molecule has 126 valence electrons. The Morgan fingerprint density at radius 2 is 2.00 bits per heavy atom. The monoisotopic (exact) mass is 330 g/mol. The Hall–Kier alpha value is -2.86. The van der Waals surface area contributed by atoms with E-state index >= 15 is 0 Å². The fraction of sp³-hybridized carbons (Fsp3) is 0.273. The van der Waals surface area contributed by atoms with Crippen molar-refractivity contribution in [3.05, 3.63) is 70.8 Å². The van der Waals surface area contributed by atoms with Gasteiger partial charge in [0.05, 0.1) is 24.0 Å². The highest BCUT2D eigenvalue weighted by atomic mass is 16.5. The number of fused-ring (bicyclic) bond motifs is 1. The molecule has 3 rings (SSSR count). The predicted molar refractivity (Wildman–Crippen MR) is 102 cm³/mol. The third-order valence-electron chi connectivity index (χ3n) is 4.26. The lowest BCUT2D eigenvalue weighted by molar-refractivity contribution is 0.309. The molecule has 3 nitrogen and oxygen atoms in total. The van der Waals surface area contributed by atoms with Crippen molar-refractivity contribution >= 4 is 11.8 Å². The van der Waals surface area contributed by atoms with Crippen LogP contribution in [0.5, 0.6) is 5.75 Å². The number of allylic oxidation sites excluding steroid dienone is 1. The maximum Gasteiger partial charge on any atom is 0.119 e. The van der Waals surface area contributed by atoms with E-state index in [1.807, 2.05) is 36.4 Å². The molecule has 0 radical (unpaired) electrons. The van der Waals surface area contributed by atoms with Crippen molar-refractivity contribution in [2.75, 3.05) is 13.2 Å². The summed E-state index contributed by atoms with van der Waals surface area (Å²) < 4.78 is 5.81. The van der Waals surface area contributed by atoms with Crippen LogP contribution in [0, 0.1) is 11.3 Å². The van der Waals surface area contributed by atoms with E-state index in [9.17, 15) is 0 Å². The Labute approximate surface area is 149 Å². The molecular weight excluding hydrogens is 308 g/mol. The minimum Gasteiger partial charge on any atom is -0.494 e. The van der Waals surface area contributed by atoms with Crippen molar-refractivity contribution in [3.63, 3.8) is 0 Å². The first-order valence-electron chi connectivity index (χ1n) is 8.79. The van der Waals surface area contributed by atoms with Gasteiger partial charge in [0.15, 0.2) is 0 Å². The number of rotatable bonds is 6. The first kappa shape index (κ1) is 17.0. The highest BCUT2D eigenvalue weighted by Crippen LogP contribution is 2.23. The van der Waals surface area contributed by atoms with Gasteiger partial charge in [0.2, 0.25) is 0 Å². The molecule has 2 aromatic rings. The Kier molecular flexibility index (Phi) is 5.64. The fourth-order valence-corrected chi connectivity index (χ4v) is 2.82. The summed E-state index contributed by atoms with van der Waals surface area (Å²) in [5.41, 5.74) is 5.22. The standard InChI is InChI=1S/C22H22N2O/c1-2-3-14-25-20-9-10-21-19(15-20)12-13-24-22(21)11-8-17-4-6-18(16-23)7-5-17/h4-11,15H,2-3,12-14H2,1H3. The number of hydrogen-bond acceptors (Lipinski definition) is 3. The Bertz CT molecular complexity index is 826. The first-order chi connectivity index (χ1) is 12.3. The lowest BCUT2D eigenvalue weighted by atomic mass is 9.96. The van der Waals surface area contributed by atoms with Crippen LogP contribution in [0.1, 0.15) is 42.0 Å². The molecule has 0 saturated heterocycles. The average molecular weight is 330 g/mol. The lowest BCUT2D eigenvalue weighted by Gasteiger charge is -2.16. The molecule has 1 heterocycles. The Balaban J connectivity index is 1.75. The number of nitriles is 1. The van der Waals surface area contributed by atoms with E-state index < -0.39 is 0 Å². The summed E-state index contributed by atoms with van der Waals surface area (Å²) in [7, 11) is 0. The largest absolute Gasteiger partial charge is 0.494 e. The van der Waals surface area contributed by atoms with Gasteiger partial charge in [0.25, 0.3) is 0 Å². The zero-order valence-electron chi connectivity index (χ0n) is 14.5. The van der Waals surface area contributed by atoms with Crippen LogP contribution in [0.15, 0.2) is 53.5 Å². The molecule has 1 aliphatic heterocycles. The maximum absolute atomic E-state index is 8.86. The number of ether oxygens (including phenoxy) is 1. The second-order valence-corrected chi connectivity index (χ2v) is 6.11. The number of hydrogen-bond donors (Lipinski definition) is 0. The second kappa shape index (κ2) is 8.30. The third kappa shape index (κ3) is 4.36. The van der Waals surface area contributed by atoms with Crippen molar-refractivity contribution in [2.45, 2.75) is 26.2 Å². The predicted octanol–water partition coefficient (Wildman–Crippen LogP) is 4.80. The van der Waals surface area contributed by atoms with Gasteiger partial charge in [-0.05, 0) is 60.4 Å². The Morgan fingerprint density at radius 1 is 1.16 bits per heavy atom. The molecule has 0 aromatic heterocycles. The van der Waals surface area contributed by atoms with Crippen LogP contribution in [-0.4, -0.2) is 18.9 Å². The van der Waals surface area contributed by atoms with E-state index in [4.69, 9.17) is 10.00 Å². The Morgan fingerprint density at radius 3 is 2.76 bits per heavy atom. The second-order valence-electron chi connectivity index (χ2n) is 6.11. The van der Waals surface area contributed by atoms with E-state index in [2.05, 4.69) is 36.2 Å². The lowest BCUT2D eigenvalue weighted by Crippen LogP contribution is -2.11. The van der Waals surface area contributed by atoms with Gasteiger partial charge in [0, 0.05) is 12.1 Å². The zero-order valence-corrected chi connectivity index (χ0v) is 14.5. The van der Waals surface area contributed by atoms with E-state index in [0.717, 1.165) is 49.4 Å². The molecule has 0 saturated carbocycles. The minimum absolute atomic E-state index is 0.674. The van der Waals surface area contributed by atoms with Crippen LogP contribution in [0.25, 0.3) is 6.08 Å². The number of unbranched alkanes of at least 4 members (excludes halogenated alkanes) is 1. The fourth-order valence-electron chi connectivity index (χ4n) is 2.82. The van der Waals surface area contributed by atoms with E-state index in [0.29, 0.717) is 5.56 Å². The highest BCUT2D eigenvalue weighted by Gasteiger charge is 2.13. The summed E-state index contributed by atoms with van der Waals surface area (Å²) in [4.78, 5) is 4.66. The van der Waals surface area contributed by atoms with Crippen LogP contribution < -0.4 is 4.74 Å². The van der Waals surface area contributed by atoms with Gasteiger partial charge < -0.3 is 4.74 Å². The van der Waals surface area contributed by atoms with Crippen molar-refractivity contribution in [1.82, 2.24) is 0 Å². The summed E-state index contributed by atoms with van der Waals surface area (Å²) >= 11 is 0. The molecule has 1 aliphatic rings. The van der Waals surface area contributed by atoms with E-state index in [1.54, 1.807) is 0 Å². The first-order valence-corrected chi connectivity index (χ1v) is 8.79. The van der Waals surface area contributed by atoms with Crippen molar-refractivity contribution in [3.8, 4) is 11.8 Å². The molecule has 0 spiro atoms. The van der Waals surface area contributed by atoms with Crippen molar-refractivity contribution < 1.29 is 4.74 Å². The highest BCUT2D eigenvalue weighted by molar-refractivity contribution is 6.12. The van der Waals surface area contributed by atoms with Gasteiger partial charge in [-0.3, -0.25) is 4.99 Å². The smallest absolute Gasteiger partial charge is 0.119 e. The van der Waals surface area contributed by atoms with Gasteiger partial charge >= 0.3 is 0 Å². The number of nitrogens with zero attached hydrogens (tertiary/aromatic N) is 2. The quantitative estimate of drug-likeness (QED) is 0.714. The van der Waals surface area contributed by atoms with E-state index in [-0.39, 0.29) is 0 Å². The van der Waals surface area contributed by atoms with Crippen LogP contribution >= 0.6 is 0 Å². The summed E-state index contributed by atoms with van der Waals surface area (Å²) in [5, 5.41) is 8.86. The molecule has 0 atom stereocenters. The molecule has 0 aliphatic carbocycles. The van der Waals surface area contributed by atoms with Gasteiger partial charge in [-0.25, -0.2) is 0 Å². The maximum atomic E-state index is 8.86. The van der Waals surface area contributed by atoms with Crippen molar-refractivity contribution in [2.24, 2.45) is 4.99 Å². The number of benzene rings is 2. The van der Waals surface area contributed by atoms with Crippen molar-refractivity contribution in [1.29, 1.82) is 5.26 Å². The molecule has 2 aromatic carbocycles. The molecular formula is C22H22N2O. The summed E-state index contributed by atoms with van der Waals surface area (Å²) in [6.45, 7) is 3.74. The SMILES string of the molecule is CCCCOc1ccc2c(c1)CCN=C2C=Cc1ccc(C#N)cc1. The summed E-state index contributed by atoms with van der Waals surface area (Å²) in [6, 6.07) is 16.0. The molecule has 0 amide bonds. The molecule has 3 heteroatoms. The summed E-state index contributed by atoms with van der Waals surface area (Å²) in [6.07, 6.45) is 7.27. The van der Waals surface area contributed by atoms with Crippen LogP contribution in [0.3, 0.4) is 0 Å². The van der Waals surface area contributed by atoms with Gasteiger partial charge in [-0.2, -0.15) is 5.26 Å². The van der Waals surface area contributed by atoms with Gasteiger partial charge in [0.1, 0.15) is 5.75 Å². The topological polar surface area (TPSA) is 45.4 Å². The average Bonchev–Trinajstić information content (AvgIpc) is 2.66. The van der Waals surface area contributed by atoms with Crippen LogP contribution in [0.2, 0.25) is 0 Å². The van der Waals surface area contributed by atoms with Gasteiger partial charge in [-0.15, -0.1) is 0 Å². The molecule has 25 heavy (non-hydrogen) atoms. The molecule has 0 bridgehead atoms. The molecule has 0 fully saturated rings. The third-order valence-corrected chi connectivity index (χ3v) is 4.26. The normalized spacial score (nSPS) is 13.2. The number of aliphatic imine (C=N–C) groups is 1. The molecule has 0 N–H and O–H groups in total. The van der Waals surface area contributed by atoms with Crippen LogP contribution in [0.4, 0.5) is 0 Å². The summed E-state index contributed by atoms with van der Waals surface area (Å²) in [5.74, 6) is 0.949. The van der Waals surface area contributed by atoms with Crippen LogP contribution in [-0.2, 0) is 6.42 Å². The minimum atomic E-state index is 0.674. The van der Waals surface area contributed by atoms with E-state index in [1.165, 1.54) is 11.1 Å². The zero-order chi connectivity index (χ0) is 17.5.